The third kappa shape index (κ3) is 3.59. The Morgan fingerprint density at radius 2 is 1.73 bits per heavy atom. The number of rotatable bonds is 4. The molecule has 1 aromatic rings. The lowest BCUT2D eigenvalue weighted by atomic mass is 9.97. The maximum absolute atomic E-state index is 13.1. The van der Waals surface area contributed by atoms with Gasteiger partial charge in [0.15, 0.2) is 0 Å². The molecule has 9 heteroatoms. The summed E-state index contributed by atoms with van der Waals surface area (Å²) >= 11 is 0. The monoisotopic (exact) mass is 384 g/mol. The van der Waals surface area contributed by atoms with Crippen molar-refractivity contribution in [1.29, 1.82) is 0 Å². The van der Waals surface area contributed by atoms with Gasteiger partial charge >= 0.3 is 5.97 Å². The number of benzene rings is 1. The zero-order chi connectivity index (χ0) is 18.9. The van der Waals surface area contributed by atoms with E-state index in [1.807, 2.05) is 0 Å². The van der Waals surface area contributed by atoms with Gasteiger partial charge in [-0.05, 0) is 49.9 Å². The molecule has 2 fully saturated rings. The Balaban J connectivity index is 1.75. The normalized spacial score (nSPS) is 24.6. The number of piperidine rings is 1. The standard InChI is InChI=1S/C17H21FN2O5S/c18-13-5-7-14(8-6-13)26(24,25)19-9-1-3-12(11-19)16(21)20-10-2-4-15(20)17(22)23/h5-8,12,15H,1-4,9-11H2,(H,22,23). The Morgan fingerprint density at radius 3 is 2.38 bits per heavy atom. The van der Waals surface area contributed by atoms with Gasteiger partial charge in [0.1, 0.15) is 11.9 Å². The molecule has 7 nitrogen and oxygen atoms in total. The number of hydrogen-bond donors (Lipinski definition) is 1. The third-order valence-corrected chi connectivity index (χ3v) is 6.89. The Hall–Kier alpha value is -2.00. The molecule has 0 aliphatic carbocycles. The summed E-state index contributed by atoms with van der Waals surface area (Å²) in [6.45, 7) is 0.685. The first kappa shape index (κ1) is 18.8. The van der Waals surface area contributed by atoms with E-state index in [9.17, 15) is 27.5 Å². The van der Waals surface area contributed by atoms with Gasteiger partial charge in [-0.15, -0.1) is 0 Å². The smallest absolute Gasteiger partial charge is 0.326 e. The fourth-order valence-electron chi connectivity index (χ4n) is 3.64. The lowest BCUT2D eigenvalue weighted by Gasteiger charge is -2.34. The molecule has 1 amide bonds. The maximum Gasteiger partial charge on any atom is 0.326 e. The van der Waals surface area contributed by atoms with Crippen molar-refractivity contribution >= 4 is 21.9 Å². The minimum atomic E-state index is -3.82. The Bertz CT molecular complexity index is 796. The summed E-state index contributed by atoms with van der Waals surface area (Å²) in [4.78, 5) is 25.4. The molecule has 1 N–H and O–H groups in total. The van der Waals surface area contributed by atoms with Gasteiger partial charge in [0.2, 0.25) is 15.9 Å². The van der Waals surface area contributed by atoms with Gasteiger partial charge in [0.05, 0.1) is 10.8 Å². The van der Waals surface area contributed by atoms with Gasteiger partial charge in [-0.1, -0.05) is 0 Å². The summed E-state index contributed by atoms with van der Waals surface area (Å²) in [5.41, 5.74) is 0. The number of halogens is 1. The van der Waals surface area contributed by atoms with Crippen molar-refractivity contribution in [1.82, 2.24) is 9.21 Å². The molecule has 0 radical (unpaired) electrons. The summed E-state index contributed by atoms with van der Waals surface area (Å²) in [6.07, 6.45) is 2.10. The van der Waals surface area contributed by atoms with E-state index in [0.29, 0.717) is 32.2 Å². The molecule has 0 aromatic heterocycles. The molecular formula is C17H21FN2O5S. The molecule has 2 saturated heterocycles. The zero-order valence-corrected chi connectivity index (χ0v) is 15.0. The molecule has 2 unspecified atom stereocenters. The fourth-order valence-corrected chi connectivity index (χ4v) is 5.16. The minimum Gasteiger partial charge on any atom is -0.480 e. The number of carboxylic acids is 1. The van der Waals surface area contributed by atoms with Crippen molar-refractivity contribution < 1.29 is 27.5 Å². The van der Waals surface area contributed by atoms with Crippen LogP contribution in [0.5, 0.6) is 0 Å². The zero-order valence-electron chi connectivity index (χ0n) is 14.2. The average Bonchev–Trinajstić information content (AvgIpc) is 3.11. The second kappa shape index (κ2) is 7.32. The quantitative estimate of drug-likeness (QED) is 0.844. The number of carboxylic acid groups (broad SMARTS) is 1. The third-order valence-electron chi connectivity index (χ3n) is 5.01. The van der Waals surface area contributed by atoms with Crippen LogP contribution in [0.3, 0.4) is 0 Å². The number of sulfonamides is 1. The predicted octanol–water partition coefficient (Wildman–Crippen LogP) is 1.30. The fraction of sp³-hybridized carbons (Fsp3) is 0.529. The first-order valence-corrected chi connectivity index (χ1v) is 10.0. The van der Waals surface area contributed by atoms with Gasteiger partial charge in [-0.25, -0.2) is 17.6 Å². The van der Waals surface area contributed by atoms with E-state index in [-0.39, 0.29) is 23.9 Å². The summed E-state index contributed by atoms with van der Waals surface area (Å²) in [6, 6.07) is 3.75. The molecule has 2 aliphatic rings. The molecule has 2 atom stereocenters. The van der Waals surface area contributed by atoms with Crippen LogP contribution in [-0.2, 0) is 19.6 Å². The first-order valence-electron chi connectivity index (χ1n) is 8.59. The molecule has 1 aromatic carbocycles. The molecule has 0 saturated carbocycles. The number of hydrogen-bond acceptors (Lipinski definition) is 4. The van der Waals surface area contributed by atoms with Crippen molar-refractivity contribution in [2.45, 2.75) is 36.6 Å². The molecule has 2 aliphatic heterocycles. The van der Waals surface area contributed by atoms with Crippen LogP contribution in [0.25, 0.3) is 0 Å². The molecule has 3 rings (SSSR count). The van der Waals surface area contributed by atoms with Crippen LogP contribution in [-0.4, -0.2) is 60.3 Å². The van der Waals surface area contributed by atoms with Gasteiger partial charge in [-0.3, -0.25) is 4.79 Å². The van der Waals surface area contributed by atoms with Crippen LogP contribution in [0, 0.1) is 11.7 Å². The summed E-state index contributed by atoms with van der Waals surface area (Å²) < 4.78 is 39.8. The highest BCUT2D eigenvalue weighted by Crippen LogP contribution is 2.28. The van der Waals surface area contributed by atoms with E-state index in [0.717, 1.165) is 12.1 Å². The van der Waals surface area contributed by atoms with E-state index < -0.39 is 33.8 Å². The molecule has 142 valence electrons. The van der Waals surface area contributed by atoms with Crippen molar-refractivity contribution in [3.05, 3.63) is 30.1 Å². The highest BCUT2D eigenvalue weighted by Gasteiger charge is 2.40. The van der Waals surface area contributed by atoms with E-state index in [2.05, 4.69) is 0 Å². The second-order valence-electron chi connectivity index (χ2n) is 6.68. The Labute approximate surface area is 151 Å². The number of likely N-dealkylation sites (tertiary alicyclic amines) is 1. The predicted molar refractivity (Wildman–Crippen MR) is 90.3 cm³/mol. The van der Waals surface area contributed by atoms with E-state index in [1.54, 1.807) is 0 Å². The van der Waals surface area contributed by atoms with Crippen molar-refractivity contribution in [3.8, 4) is 0 Å². The van der Waals surface area contributed by atoms with Gasteiger partial charge in [-0.2, -0.15) is 4.31 Å². The number of aliphatic carboxylic acids is 1. The van der Waals surface area contributed by atoms with Gasteiger partial charge in [0, 0.05) is 19.6 Å². The van der Waals surface area contributed by atoms with E-state index in [4.69, 9.17) is 0 Å². The van der Waals surface area contributed by atoms with Crippen LogP contribution in [0.1, 0.15) is 25.7 Å². The van der Waals surface area contributed by atoms with Crippen molar-refractivity contribution in [2.75, 3.05) is 19.6 Å². The Kier molecular flexibility index (Phi) is 5.29. The SMILES string of the molecule is O=C(O)C1CCCN1C(=O)C1CCCN(S(=O)(=O)c2ccc(F)cc2)C1. The lowest BCUT2D eigenvalue weighted by Crippen LogP contribution is -2.49. The summed E-state index contributed by atoms with van der Waals surface area (Å²) in [7, 11) is -3.82. The topological polar surface area (TPSA) is 95.0 Å². The van der Waals surface area contributed by atoms with Gasteiger partial charge < -0.3 is 10.0 Å². The molecular weight excluding hydrogens is 363 g/mol. The van der Waals surface area contributed by atoms with Crippen LogP contribution >= 0.6 is 0 Å². The number of carbonyl (C=O) groups is 2. The average molecular weight is 384 g/mol. The number of carbonyl (C=O) groups excluding carboxylic acids is 1. The number of amides is 1. The highest BCUT2D eigenvalue weighted by molar-refractivity contribution is 7.89. The van der Waals surface area contributed by atoms with Crippen LogP contribution in [0.4, 0.5) is 4.39 Å². The number of nitrogens with zero attached hydrogens (tertiary/aromatic N) is 2. The second-order valence-corrected chi connectivity index (χ2v) is 8.62. The van der Waals surface area contributed by atoms with Gasteiger partial charge in [0.25, 0.3) is 0 Å². The largest absolute Gasteiger partial charge is 0.480 e. The first-order chi connectivity index (χ1) is 12.3. The highest BCUT2D eigenvalue weighted by atomic mass is 32.2. The van der Waals surface area contributed by atoms with Crippen molar-refractivity contribution in [2.24, 2.45) is 5.92 Å². The molecule has 26 heavy (non-hydrogen) atoms. The Morgan fingerprint density at radius 1 is 1.08 bits per heavy atom. The summed E-state index contributed by atoms with van der Waals surface area (Å²) in [5.74, 6) is -2.40. The molecule has 0 bridgehead atoms. The maximum atomic E-state index is 13.1. The molecule has 2 heterocycles. The molecule has 0 spiro atoms. The van der Waals surface area contributed by atoms with Crippen LogP contribution in [0.2, 0.25) is 0 Å². The minimum absolute atomic E-state index is 0.0153. The van der Waals surface area contributed by atoms with Crippen molar-refractivity contribution in [3.63, 3.8) is 0 Å². The summed E-state index contributed by atoms with van der Waals surface area (Å²) in [5, 5.41) is 9.25. The van der Waals surface area contributed by atoms with E-state index >= 15 is 0 Å². The van der Waals surface area contributed by atoms with Crippen LogP contribution < -0.4 is 0 Å². The van der Waals surface area contributed by atoms with E-state index in [1.165, 1.54) is 21.3 Å². The van der Waals surface area contributed by atoms with Crippen LogP contribution in [0.15, 0.2) is 29.2 Å². The lowest BCUT2D eigenvalue weighted by molar-refractivity contribution is -0.150.